The van der Waals surface area contributed by atoms with Crippen molar-refractivity contribution in [3.05, 3.63) is 0 Å². The Balaban J connectivity index is 0. The minimum atomic E-state index is -3.67. The summed E-state index contributed by atoms with van der Waals surface area (Å²) in [5.41, 5.74) is 0. The van der Waals surface area contributed by atoms with Crippen LogP contribution in [0, 0.1) is 0 Å². The third kappa shape index (κ3) is 78.6. The second-order valence-corrected chi connectivity index (χ2v) is 2.20. The van der Waals surface area contributed by atoms with Crippen LogP contribution in [0.25, 0.3) is 0 Å². The van der Waals surface area contributed by atoms with Crippen molar-refractivity contribution in [2.24, 2.45) is 0 Å². The minimum absolute atomic E-state index is 0. The van der Waals surface area contributed by atoms with E-state index >= 15 is 0 Å². The molecule has 0 saturated carbocycles. The summed E-state index contributed by atoms with van der Waals surface area (Å²) in [7, 11) is -3.67. The van der Waals surface area contributed by atoms with E-state index in [1.807, 2.05) is 0 Å². The van der Waals surface area contributed by atoms with Crippen LogP contribution in [0.4, 0.5) is 0 Å². The maximum atomic E-state index is 9.19. The number of hydrogen-bond acceptors (Lipinski definition) is 2. The third-order valence-electron chi connectivity index (χ3n) is 0. The first kappa shape index (κ1) is 10.1. The number of hydrogen-bond donors (Lipinski definition) is 1. The zero-order valence-corrected chi connectivity index (χ0v) is 6.90. The standard InChI is InChI=1S/CH4O3S.Y/c1-5(2,3)4;/h1H3,(H,2,3,4);. The van der Waals surface area contributed by atoms with Crippen molar-refractivity contribution >= 4 is 10.1 Å². The molecular formula is CH4O3SY. The van der Waals surface area contributed by atoms with E-state index in [1.165, 1.54) is 0 Å². The molecule has 0 aliphatic heterocycles. The van der Waals surface area contributed by atoms with Gasteiger partial charge in [-0.2, -0.15) is 8.42 Å². The predicted molar refractivity (Wildman–Crippen MR) is 17.5 cm³/mol. The summed E-state index contributed by atoms with van der Waals surface area (Å²) < 4.78 is 25.9. The minimum Gasteiger partial charge on any atom is -0.286 e. The molecule has 0 aromatic rings. The monoisotopic (exact) mass is 185 g/mol. The quantitative estimate of drug-likeness (QED) is 0.517. The van der Waals surface area contributed by atoms with E-state index in [0.29, 0.717) is 6.26 Å². The summed E-state index contributed by atoms with van der Waals surface area (Å²) in [4.78, 5) is 0. The van der Waals surface area contributed by atoms with E-state index in [2.05, 4.69) is 0 Å². The second-order valence-electron chi connectivity index (χ2n) is 0.733. The molecule has 0 heterocycles. The van der Waals surface area contributed by atoms with Crippen LogP contribution in [0.3, 0.4) is 0 Å². The normalized spacial score (nSPS) is 9.67. The van der Waals surface area contributed by atoms with Crippen LogP contribution >= 0.6 is 0 Å². The summed E-state index contributed by atoms with van der Waals surface area (Å²) >= 11 is 0. The Morgan fingerprint density at radius 2 is 1.50 bits per heavy atom. The summed E-state index contributed by atoms with van der Waals surface area (Å²) in [6, 6.07) is 0. The smallest absolute Gasteiger partial charge is 0.261 e. The van der Waals surface area contributed by atoms with Gasteiger partial charge in [0.25, 0.3) is 10.1 Å². The Morgan fingerprint density at radius 3 is 1.50 bits per heavy atom. The Hall–Kier alpha value is 1.01. The molecule has 3 nitrogen and oxygen atoms in total. The first-order valence-electron chi connectivity index (χ1n) is 0.924. The van der Waals surface area contributed by atoms with Gasteiger partial charge in [0, 0.05) is 32.7 Å². The van der Waals surface area contributed by atoms with Crippen molar-refractivity contribution in [3.8, 4) is 0 Å². The molecule has 6 heavy (non-hydrogen) atoms. The van der Waals surface area contributed by atoms with Gasteiger partial charge >= 0.3 is 0 Å². The molecule has 0 atom stereocenters. The van der Waals surface area contributed by atoms with Crippen LogP contribution in [-0.4, -0.2) is 19.2 Å². The molecule has 0 aromatic heterocycles. The van der Waals surface area contributed by atoms with E-state index in [0.717, 1.165) is 0 Å². The van der Waals surface area contributed by atoms with Crippen molar-refractivity contribution in [3.63, 3.8) is 0 Å². The van der Waals surface area contributed by atoms with Gasteiger partial charge in [0.05, 0.1) is 6.26 Å². The Bertz CT molecular complexity index is 94.0. The zero-order chi connectivity index (χ0) is 4.50. The molecular weight excluding hydrogens is 181 g/mol. The van der Waals surface area contributed by atoms with Crippen LogP contribution in [0.15, 0.2) is 0 Å². The van der Waals surface area contributed by atoms with Gasteiger partial charge in [-0.1, -0.05) is 0 Å². The average Bonchev–Trinajstić information content (AvgIpc) is 0.722. The Labute approximate surface area is 61.8 Å². The zero-order valence-electron chi connectivity index (χ0n) is 3.25. The summed E-state index contributed by atoms with van der Waals surface area (Å²) in [5.74, 6) is 0. The average molecular weight is 185 g/mol. The van der Waals surface area contributed by atoms with Gasteiger partial charge in [0.2, 0.25) is 0 Å². The van der Waals surface area contributed by atoms with E-state index in [9.17, 15) is 8.42 Å². The molecule has 0 spiro atoms. The fourth-order valence-corrected chi connectivity index (χ4v) is 0. The van der Waals surface area contributed by atoms with Crippen molar-refractivity contribution in [1.82, 2.24) is 0 Å². The van der Waals surface area contributed by atoms with Crippen molar-refractivity contribution in [2.45, 2.75) is 0 Å². The Morgan fingerprint density at radius 1 is 1.50 bits per heavy atom. The Kier molecular flexibility index (Phi) is 5.17. The van der Waals surface area contributed by atoms with Gasteiger partial charge in [0.15, 0.2) is 0 Å². The maximum Gasteiger partial charge on any atom is 0.261 e. The van der Waals surface area contributed by atoms with E-state index in [-0.39, 0.29) is 32.7 Å². The molecule has 0 unspecified atom stereocenters. The van der Waals surface area contributed by atoms with Crippen molar-refractivity contribution in [2.75, 3.05) is 6.26 Å². The van der Waals surface area contributed by atoms with Crippen LogP contribution in [0.5, 0.6) is 0 Å². The second kappa shape index (κ2) is 3.07. The predicted octanol–water partition coefficient (Wildman–Crippen LogP) is -0.498. The van der Waals surface area contributed by atoms with Crippen molar-refractivity contribution < 1.29 is 45.7 Å². The largest absolute Gasteiger partial charge is 0.286 e. The van der Waals surface area contributed by atoms with Crippen LogP contribution < -0.4 is 0 Å². The fraction of sp³-hybridized carbons (Fsp3) is 1.00. The molecule has 5 heteroatoms. The van der Waals surface area contributed by atoms with Gasteiger partial charge in [0.1, 0.15) is 0 Å². The van der Waals surface area contributed by atoms with Gasteiger partial charge in [-0.05, 0) is 0 Å². The summed E-state index contributed by atoms with van der Waals surface area (Å²) in [6.45, 7) is 0. The molecule has 1 radical (unpaired) electrons. The fourth-order valence-electron chi connectivity index (χ4n) is 0. The molecule has 0 fully saturated rings. The molecule has 0 aliphatic carbocycles. The van der Waals surface area contributed by atoms with Crippen LogP contribution in [0.2, 0.25) is 0 Å². The molecule has 0 amide bonds. The molecule has 0 bridgehead atoms. The molecule has 35 valence electrons. The third-order valence-corrected chi connectivity index (χ3v) is 0. The van der Waals surface area contributed by atoms with Crippen molar-refractivity contribution in [1.29, 1.82) is 0 Å². The summed E-state index contributed by atoms with van der Waals surface area (Å²) in [6.07, 6.45) is 0.715. The molecule has 0 rings (SSSR count). The first-order valence-corrected chi connectivity index (χ1v) is 2.77. The summed E-state index contributed by atoms with van der Waals surface area (Å²) in [5, 5.41) is 0. The van der Waals surface area contributed by atoms with Crippen LogP contribution in [-0.2, 0) is 42.8 Å². The van der Waals surface area contributed by atoms with Gasteiger partial charge in [-0.25, -0.2) is 0 Å². The number of rotatable bonds is 0. The SMILES string of the molecule is CS(=O)(=O)O.[Y]. The van der Waals surface area contributed by atoms with E-state index < -0.39 is 10.1 Å². The van der Waals surface area contributed by atoms with E-state index in [4.69, 9.17) is 4.55 Å². The molecule has 0 aromatic carbocycles. The van der Waals surface area contributed by atoms with Gasteiger partial charge < -0.3 is 0 Å². The topological polar surface area (TPSA) is 54.4 Å². The van der Waals surface area contributed by atoms with Gasteiger partial charge in [-0.3, -0.25) is 4.55 Å². The molecule has 0 aliphatic rings. The molecule has 1 N–H and O–H groups in total. The first-order chi connectivity index (χ1) is 2.00. The van der Waals surface area contributed by atoms with Gasteiger partial charge in [-0.15, -0.1) is 0 Å². The van der Waals surface area contributed by atoms with E-state index in [1.54, 1.807) is 0 Å². The van der Waals surface area contributed by atoms with Crippen LogP contribution in [0.1, 0.15) is 0 Å². The molecule has 0 saturated heterocycles. The maximum absolute atomic E-state index is 9.19.